The van der Waals surface area contributed by atoms with Crippen LogP contribution in [0.25, 0.3) is 0 Å². The van der Waals surface area contributed by atoms with E-state index in [9.17, 15) is 4.79 Å². The Labute approximate surface area is 89.9 Å². The first-order chi connectivity index (χ1) is 7.24. The molecule has 0 heterocycles. The largest absolute Gasteiger partial charge is 0.352 e. The van der Waals surface area contributed by atoms with E-state index >= 15 is 0 Å². The van der Waals surface area contributed by atoms with Gasteiger partial charge in [-0.05, 0) is 24.5 Å². The second-order valence-electron chi connectivity index (χ2n) is 3.37. The van der Waals surface area contributed by atoms with Gasteiger partial charge in [-0.15, -0.1) is 0 Å². The van der Waals surface area contributed by atoms with Gasteiger partial charge in [0, 0.05) is 6.92 Å². The van der Waals surface area contributed by atoms with Crippen LogP contribution in [0.5, 0.6) is 5.75 Å². The van der Waals surface area contributed by atoms with E-state index in [1.165, 1.54) is 6.92 Å². The summed E-state index contributed by atoms with van der Waals surface area (Å²) in [5.74, 6) is 0.182. The predicted octanol–water partition coefficient (Wildman–Crippen LogP) is 2.89. The van der Waals surface area contributed by atoms with E-state index in [0.717, 1.165) is 24.8 Å². The second-order valence-corrected chi connectivity index (χ2v) is 3.37. The van der Waals surface area contributed by atoms with Crippen molar-refractivity contribution in [1.82, 2.24) is 0 Å². The number of aryl methyl sites for hydroxylation is 1. The molecular formula is C12H16O3. The Morgan fingerprint density at radius 3 is 2.73 bits per heavy atom. The highest BCUT2D eigenvalue weighted by Gasteiger charge is 2.04. The zero-order valence-electron chi connectivity index (χ0n) is 9.16. The summed E-state index contributed by atoms with van der Waals surface area (Å²) >= 11 is 0. The highest BCUT2D eigenvalue weighted by Crippen LogP contribution is 2.20. The van der Waals surface area contributed by atoms with Gasteiger partial charge >= 0.3 is 5.97 Å². The molecule has 0 fully saturated rings. The maximum Gasteiger partial charge on any atom is 0.352 e. The Bertz CT molecular complexity index is 320. The van der Waals surface area contributed by atoms with Crippen LogP contribution in [0.15, 0.2) is 24.3 Å². The average Bonchev–Trinajstić information content (AvgIpc) is 2.24. The number of hydrogen-bond acceptors (Lipinski definition) is 3. The van der Waals surface area contributed by atoms with Crippen LogP contribution in [0.4, 0.5) is 0 Å². The minimum absolute atomic E-state index is 0.444. The third-order valence-corrected chi connectivity index (χ3v) is 2.02. The first-order valence-electron chi connectivity index (χ1n) is 5.17. The van der Waals surface area contributed by atoms with E-state index in [0.29, 0.717) is 5.75 Å². The van der Waals surface area contributed by atoms with Crippen molar-refractivity contribution in [3.63, 3.8) is 0 Å². The van der Waals surface area contributed by atoms with Crippen LogP contribution in [0.3, 0.4) is 0 Å². The Hall–Kier alpha value is -1.51. The standard InChI is InChI=1S/C12H16O3/c1-3-4-7-11-8-5-6-9-12(11)15-14-10(2)13/h5-6,8-9H,3-4,7H2,1-2H3. The summed E-state index contributed by atoms with van der Waals surface area (Å²) in [4.78, 5) is 20.1. The molecule has 0 N–H and O–H groups in total. The van der Waals surface area contributed by atoms with Gasteiger partial charge in [0.2, 0.25) is 0 Å². The minimum atomic E-state index is -0.444. The van der Waals surface area contributed by atoms with E-state index in [1.54, 1.807) is 6.07 Å². The lowest BCUT2D eigenvalue weighted by Gasteiger charge is -2.07. The van der Waals surface area contributed by atoms with Gasteiger partial charge in [-0.25, -0.2) is 4.79 Å². The van der Waals surface area contributed by atoms with Crippen LogP contribution < -0.4 is 4.89 Å². The molecule has 3 nitrogen and oxygen atoms in total. The molecular weight excluding hydrogens is 192 g/mol. The van der Waals surface area contributed by atoms with Crippen LogP contribution in [0.1, 0.15) is 32.3 Å². The van der Waals surface area contributed by atoms with Crippen molar-refractivity contribution in [3.8, 4) is 5.75 Å². The highest BCUT2D eigenvalue weighted by molar-refractivity contribution is 5.65. The van der Waals surface area contributed by atoms with Crippen molar-refractivity contribution in [2.75, 3.05) is 0 Å². The molecule has 15 heavy (non-hydrogen) atoms. The fourth-order valence-electron chi connectivity index (χ4n) is 1.26. The molecule has 82 valence electrons. The molecule has 0 atom stereocenters. The van der Waals surface area contributed by atoms with Crippen molar-refractivity contribution < 1.29 is 14.6 Å². The van der Waals surface area contributed by atoms with Gasteiger partial charge in [0.25, 0.3) is 0 Å². The SMILES string of the molecule is CCCCc1ccccc1OOC(C)=O. The van der Waals surface area contributed by atoms with Crippen LogP contribution >= 0.6 is 0 Å². The van der Waals surface area contributed by atoms with Gasteiger partial charge in [0.1, 0.15) is 0 Å². The molecule has 1 aromatic rings. The lowest BCUT2D eigenvalue weighted by Crippen LogP contribution is -2.04. The van der Waals surface area contributed by atoms with Crippen molar-refractivity contribution in [1.29, 1.82) is 0 Å². The third-order valence-electron chi connectivity index (χ3n) is 2.02. The number of carbonyl (C=O) groups excluding carboxylic acids is 1. The molecule has 0 radical (unpaired) electrons. The zero-order valence-corrected chi connectivity index (χ0v) is 9.16. The molecule has 3 heteroatoms. The van der Waals surface area contributed by atoms with Crippen LogP contribution in [-0.4, -0.2) is 5.97 Å². The number of hydrogen-bond donors (Lipinski definition) is 0. The summed E-state index contributed by atoms with van der Waals surface area (Å²) < 4.78 is 0. The summed E-state index contributed by atoms with van der Waals surface area (Å²) in [6.07, 6.45) is 3.16. The topological polar surface area (TPSA) is 35.5 Å². The molecule has 0 unspecified atom stereocenters. The summed E-state index contributed by atoms with van der Waals surface area (Å²) in [5, 5.41) is 0. The molecule has 0 saturated carbocycles. The van der Waals surface area contributed by atoms with Gasteiger partial charge in [-0.3, -0.25) is 9.78 Å². The number of rotatable bonds is 5. The lowest BCUT2D eigenvalue weighted by atomic mass is 10.1. The van der Waals surface area contributed by atoms with Crippen molar-refractivity contribution in [2.45, 2.75) is 33.1 Å². The third kappa shape index (κ3) is 4.02. The van der Waals surface area contributed by atoms with E-state index in [1.807, 2.05) is 18.2 Å². The summed E-state index contributed by atoms with van der Waals surface area (Å²) in [7, 11) is 0. The van der Waals surface area contributed by atoms with Gasteiger partial charge in [0.15, 0.2) is 5.75 Å². The smallest absolute Gasteiger partial charge is 0.287 e. The molecule has 1 rings (SSSR count). The number of carbonyl (C=O) groups is 1. The summed E-state index contributed by atoms with van der Waals surface area (Å²) in [6.45, 7) is 3.45. The van der Waals surface area contributed by atoms with Gasteiger partial charge in [0.05, 0.1) is 0 Å². The fraction of sp³-hybridized carbons (Fsp3) is 0.417. The Morgan fingerprint density at radius 1 is 1.33 bits per heavy atom. The second kappa shape index (κ2) is 6.06. The Morgan fingerprint density at radius 2 is 2.07 bits per heavy atom. The van der Waals surface area contributed by atoms with E-state index < -0.39 is 5.97 Å². The minimum Gasteiger partial charge on any atom is -0.287 e. The Kier molecular flexibility index (Phi) is 4.68. The predicted molar refractivity (Wildman–Crippen MR) is 57.4 cm³/mol. The first kappa shape index (κ1) is 11.6. The lowest BCUT2D eigenvalue weighted by molar-refractivity contribution is -0.211. The summed E-state index contributed by atoms with van der Waals surface area (Å²) in [5.41, 5.74) is 1.07. The molecule has 0 aromatic heterocycles. The van der Waals surface area contributed by atoms with Crippen molar-refractivity contribution in [3.05, 3.63) is 29.8 Å². The van der Waals surface area contributed by atoms with Gasteiger partial charge < -0.3 is 0 Å². The van der Waals surface area contributed by atoms with Gasteiger partial charge in [-0.2, -0.15) is 0 Å². The molecule has 0 bridgehead atoms. The normalized spacial score (nSPS) is 9.73. The molecule has 0 aliphatic rings. The quantitative estimate of drug-likeness (QED) is 0.551. The van der Waals surface area contributed by atoms with E-state index in [2.05, 4.69) is 11.8 Å². The fourth-order valence-corrected chi connectivity index (χ4v) is 1.26. The van der Waals surface area contributed by atoms with Crippen LogP contribution in [-0.2, 0) is 16.1 Å². The summed E-state index contributed by atoms with van der Waals surface area (Å²) in [6, 6.07) is 7.59. The number of para-hydroxylation sites is 1. The molecule has 0 aliphatic carbocycles. The van der Waals surface area contributed by atoms with Crippen molar-refractivity contribution >= 4 is 5.97 Å². The van der Waals surface area contributed by atoms with Gasteiger partial charge in [-0.1, -0.05) is 31.5 Å². The van der Waals surface area contributed by atoms with Crippen molar-refractivity contribution in [2.24, 2.45) is 0 Å². The molecule has 0 amide bonds. The monoisotopic (exact) mass is 208 g/mol. The maximum atomic E-state index is 10.6. The number of unbranched alkanes of at least 4 members (excludes halogenated alkanes) is 1. The number of benzene rings is 1. The molecule has 0 spiro atoms. The van der Waals surface area contributed by atoms with E-state index in [-0.39, 0.29) is 0 Å². The van der Waals surface area contributed by atoms with Crippen LogP contribution in [0.2, 0.25) is 0 Å². The molecule has 0 saturated heterocycles. The Balaban J connectivity index is 2.63. The zero-order chi connectivity index (χ0) is 11.1. The molecule has 0 aliphatic heterocycles. The first-order valence-corrected chi connectivity index (χ1v) is 5.17. The molecule has 1 aromatic carbocycles. The van der Waals surface area contributed by atoms with E-state index in [4.69, 9.17) is 4.89 Å². The highest BCUT2D eigenvalue weighted by atomic mass is 17.2. The van der Waals surface area contributed by atoms with Crippen LogP contribution in [0, 0.1) is 0 Å². The maximum absolute atomic E-state index is 10.6. The average molecular weight is 208 g/mol.